The second kappa shape index (κ2) is 5.69. The van der Waals surface area contributed by atoms with Gasteiger partial charge in [-0.2, -0.15) is 13.2 Å². The average molecular weight is 263 g/mol. The fraction of sp³-hybridized carbons (Fsp3) is 0.538. The SMILES string of the molecule is CCc1cc(CC[C@@H](C)N)cc(C(F)(F)F)c1F. The minimum atomic E-state index is -4.65. The Kier molecular flexibility index (Phi) is 4.73. The molecule has 1 rings (SSSR count). The third-order valence-corrected chi connectivity index (χ3v) is 2.78. The minimum Gasteiger partial charge on any atom is -0.328 e. The van der Waals surface area contributed by atoms with Crippen molar-refractivity contribution in [1.82, 2.24) is 0 Å². The van der Waals surface area contributed by atoms with Crippen LogP contribution in [0, 0.1) is 5.82 Å². The molecule has 1 aromatic carbocycles. The highest BCUT2D eigenvalue weighted by Gasteiger charge is 2.35. The van der Waals surface area contributed by atoms with E-state index in [9.17, 15) is 17.6 Å². The number of benzene rings is 1. The Morgan fingerprint density at radius 1 is 1.28 bits per heavy atom. The highest BCUT2D eigenvalue weighted by Crippen LogP contribution is 2.33. The molecular formula is C13H17F4N. The molecule has 1 nitrogen and oxygen atoms in total. The van der Waals surface area contributed by atoms with E-state index in [2.05, 4.69) is 0 Å². The number of alkyl halides is 3. The summed E-state index contributed by atoms with van der Waals surface area (Å²) >= 11 is 0. The van der Waals surface area contributed by atoms with Crippen LogP contribution in [0.25, 0.3) is 0 Å². The molecular weight excluding hydrogens is 246 g/mol. The maximum Gasteiger partial charge on any atom is 0.419 e. The first kappa shape index (κ1) is 15.0. The zero-order valence-electron chi connectivity index (χ0n) is 10.4. The first-order chi connectivity index (χ1) is 8.25. The largest absolute Gasteiger partial charge is 0.419 e. The Morgan fingerprint density at radius 3 is 2.33 bits per heavy atom. The predicted octanol–water partition coefficient (Wildman–Crippen LogP) is 3.69. The maximum absolute atomic E-state index is 13.6. The van der Waals surface area contributed by atoms with E-state index < -0.39 is 17.6 Å². The topological polar surface area (TPSA) is 26.0 Å². The highest BCUT2D eigenvalue weighted by atomic mass is 19.4. The molecule has 5 heteroatoms. The van der Waals surface area contributed by atoms with E-state index in [-0.39, 0.29) is 18.0 Å². The van der Waals surface area contributed by atoms with Crippen LogP contribution in [0.4, 0.5) is 17.6 Å². The summed E-state index contributed by atoms with van der Waals surface area (Å²) in [6.45, 7) is 3.42. The number of aryl methyl sites for hydroxylation is 2. The monoisotopic (exact) mass is 263 g/mol. The molecule has 0 radical (unpaired) electrons. The predicted molar refractivity (Wildman–Crippen MR) is 62.8 cm³/mol. The smallest absolute Gasteiger partial charge is 0.328 e. The Hall–Kier alpha value is -1.10. The molecule has 2 N–H and O–H groups in total. The van der Waals surface area contributed by atoms with Crippen LogP contribution in [0.2, 0.25) is 0 Å². The van der Waals surface area contributed by atoms with Gasteiger partial charge in [-0.1, -0.05) is 13.0 Å². The normalized spacial score (nSPS) is 13.7. The maximum atomic E-state index is 13.6. The fourth-order valence-electron chi connectivity index (χ4n) is 1.75. The summed E-state index contributed by atoms with van der Waals surface area (Å²) < 4.78 is 51.6. The lowest BCUT2D eigenvalue weighted by Crippen LogP contribution is -2.16. The summed E-state index contributed by atoms with van der Waals surface area (Å²) in [6.07, 6.45) is -3.42. The van der Waals surface area contributed by atoms with Gasteiger partial charge in [0.1, 0.15) is 5.82 Å². The van der Waals surface area contributed by atoms with Crippen LogP contribution in [0.5, 0.6) is 0 Å². The van der Waals surface area contributed by atoms with E-state index in [1.807, 2.05) is 0 Å². The van der Waals surface area contributed by atoms with Gasteiger partial charge < -0.3 is 5.73 Å². The average Bonchev–Trinajstić information content (AvgIpc) is 2.25. The number of hydrogen-bond acceptors (Lipinski definition) is 1. The molecule has 1 atom stereocenters. The van der Waals surface area contributed by atoms with Crippen LogP contribution in [0.3, 0.4) is 0 Å². The van der Waals surface area contributed by atoms with Gasteiger partial charge in [-0.15, -0.1) is 0 Å². The van der Waals surface area contributed by atoms with Crippen molar-refractivity contribution in [3.63, 3.8) is 0 Å². The molecule has 0 unspecified atom stereocenters. The number of halogens is 4. The van der Waals surface area contributed by atoms with Gasteiger partial charge in [0, 0.05) is 6.04 Å². The summed E-state index contributed by atoms with van der Waals surface area (Å²) in [7, 11) is 0. The van der Waals surface area contributed by atoms with Crippen LogP contribution in [-0.2, 0) is 19.0 Å². The molecule has 0 aromatic heterocycles. The van der Waals surface area contributed by atoms with E-state index in [4.69, 9.17) is 5.73 Å². The Morgan fingerprint density at radius 2 is 1.89 bits per heavy atom. The van der Waals surface area contributed by atoms with E-state index in [0.717, 1.165) is 6.07 Å². The molecule has 0 aliphatic carbocycles. The van der Waals surface area contributed by atoms with Gasteiger partial charge >= 0.3 is 6.18 Å². The molecule has 102 valence electrons. The van der Waals surface area contributed by atoms with Crippen molar-refractivity contribution in [3.8, 4) is 0 Å². The van der Waals surface area contributed by atoms with Gasteiger partial charge in [0.15, 0.2) is 0 Å². The molecule has 0 aliphatic heterocycles. The van der Waals surface area contributed by atoms with Crippen LogP contribution in [0.15, 0.2) is 12.1 Å². The molecule has 0 amide bonds. The van der Waals surface area contributed by atoms with Gasteiger partial charge in [0.25, 0.3) is 0 Å². The summed E-state index contributed by atoms with van der Waals surface area (Å²) in [5.41, 5.74) is 4.97. The molecule has 0 spiro atoms. The first-order valence-electron chi connectivity index (χ1n) is 5.89. The first-order valence-corrected chi connectivity index (χ1v) is 5.89. The van der Waals surface area contributed by atoms with Crippen molar-refractivity contribution >= 4 is 0 Å². The van der Waals surface area contributed by atoms with Crippen LogP contribution in [-0.4, -0.2) is 6.04 Å². The number of hydrogen-bond donors (Lipinski definition) is 1. The lowest BCUT2D eigenvalue weighted by atomic mass is 9.98. The summed E-state index contributed by atoms with van der Waals surface area (Å²) in [5.74, 6) is -1.16. The van der Waals surface area contributed by atoms with Gasteiger partial charge in [0.05, 0.1) is 5.56 Å². The van der Waals surface area contributed by atoms with Crippen LogP contribution in [0.1, 0.15) is 37.0 Å². The summed E-state index contributed by atoms with van der Waals surface area (Å²) in [6, 6.07) is 2.29. The van der Waals surface area contributed by atoms with Crippen LogP contribution >= 0.6 is 0 Å². The lowest BCUT2D eigenvalue weighted by molar-refractivity contribution is -0.140. The lowest BCUT2D eigenvalue weighted by Gasteiger charge is -2.14. The van der Waals surface area contributed by atoms with Crippen molar-refractivity contribution < 1.29 is 17.6 Å². The molecule has 0 bridgehead atoms. The van der Waals surface area contributed by atoms with Gasteiger partial charge in [-0.3, -0.25) is 0 Å². The van der Waals surface area contributed by atoms with Crippen molar-refractivity contribution in [2.45, 2.75) is 45.3 Å². The number of rotatable bonds is 4. The summed E-state index contributed by atoms with van der Waals surface area (Å²) in [4.78, 5) is 0. The minimum absolute atomic E-state index is 0.0885. The molecule has 0 aliphatic rings. The second-order valence-electron chi connectivity index (χ2n) is 4.48. The Labute approximate surface area is 104 Å². The molecule has 0 heterocycles. The second-order valence-corrected chi connectivity index (χ2v) is 4.48. The van der Waals surface area contributed by atoms with Gasteiger partial charge in [0.2, 0.25) is 0 Å². The zero-order chi connectivity index (χ0) is 13.9. The van der Waals surface area contributed by atoms with Crippen molar-refractivity contribution in [1.29, 1.82) is 0 Å². The Bertz CT molecular complexity index is 410. The number of nitrogens with two attached hydrogens (primary N) is 1. The highest BCUT2D eigenvalue weighted by molar-refractivity contribution is 5.34. The summed E-state index contributed by atoms with van der Waals surface area (Å²) in [5, 5.41) is 0. The Balaban J connectivity index is 3.14. The molecule has 1 aromatic rings. The molecule has 0 fully saturated rings. The van der Waals surface area contributed by atoms with Crippen molar-refractivity contribution in [2.75, 3.05) is 0 Å². The fourth-order valence-corrected chi connectivity index (χ4v) is 1.75. The van der Waals surface area contributed by atoms with Gasteiger partial charge in [-0.05, 0) is 43.4 Å². The van der Waals surface area contributed by atoms with E-state index in [1.165, 1.54) is 6.07 Å². The van der Waals surface area contributed by atoms with Crippen molar-refractivity contribution in [2.24, 2.45) is 5.73 Å². The third-order valence-electron chi connectivity index (χ3n) is 2.78. The zero-order valence-corrected chi connectivity index (χ0v) is 10.4. The molecule has 0 saturated heterocycles. The van der Waals surface area contributed by atoms with Gasteiger partial charge in [-0.25, -0.2) is 4.39 Å². The van der Waals surface area contributed by atoms with E-state index in [1.54, 1.807) is 13.8 Å². The standard InChI is InChI=1S/C13H17F4N/c1-3-10-6-9(5-4-8(2)18)7-11(12(10)14)13(15,16)17/h6-8H,3-5,18H2,1-2H3/t8-/m1/s1. The quantitative estimate of drug-likeness (QED) is 0.824. The van der Waals surface area contributed by atoms with E-state index >= 15 is 0 Å². The molecule has 18 heavy (non-hydrogen) atoms. The van der Waals surface area contributed by atoms with E-state index in [0.29, 0.717) is 18.4 Å². The van der Waals surface area contributed by atoms with Crippen molar-refractivity contribution in [3.05, 3.63) is 34.6 Å². The third kappa shape index (κ3) is 3.70. The molecule has 0 saturated carbocycles. The van der Waals surface area contributed by atoms with Crippen LogP contribution < -0.4 is 5.73 Å².